The third-order valence-electron chi connectivity index (χ3n) is 8.38. The molecule has 2 aliphatic heterocycles. The van der Waals surface area contributed by atoms with Crippen molar-refractivity contribution >= 4 is 52.6 Å². The molecule has 4 aromatic rings. The Hall–Kier alpha value is -2.15. The van der Waals surface area contributed by atoms with Crippen LogP contribution in [-0.2, 0) is 13.9 Å². The minimum atomic E-state index is -1.95. The zero-order valence-corrected chi connectivity index (χ0v) is 25.2. The van der Waals surface area contributed by atoms with E-state index in [0.29, 0.717) is 47.0 Å². The van der Waals surface area contributed by atoms with Gasteiger partial charge in [0.25, 0.3) is 6.01 Å². The molecule has 1 saturated carbocycles. The number of rotatable bonds is 6. The molecule has 1 aliphatic carbocycles. The molecule has 4 atom stereocenters. The second kappa shape index (κ2) is 9.18. The van der Waals surface area contributed by atoms with Crippen molar-refractivity contribution < 1.29 is 18.6 Å². The van der Waals surface area contributed by atoms with Crippen molar-refractivity contribution in [1.82, 2.24) is 24.9 Å². The fourth-order valence-electron chi connectivity index (χ4n) is 5.06. The second-order valence-electron chi connectivity index (χ2n) is 12.2. The molecule has 2 saturated heterocycles. The molecule has 6 heterocycles. The number of imidazole rings is 1. The predicted octanol–water partition coefficient (Wildman–Crippen LogP) is 6.10. The van der Waals surface area contributed by atoms with Crippen LogP contribution in [0.2, 0.25) is 23.2 Å². The number of thiazole rings is 1. The summed E-state index contributed by atoms with van der Waals surface area (Å²) < 4.78 is 26.2. The van der Waals surface area contributed by atoms with Gasteiger partial charge in [-0.1, -0.05) is 32.4 Å². The summed E-state index contributed by atoms with van der Waals surface area (Å²) in [4.78, 5) is 22.1. The highest BCUT2D eigenvalue weighted by molar-refractivity contribution is 7.21. The molecule has 12 heteroatoms. The van der Waals surface area contributed by atoms with Gasteiger partial charge < -0.3 is 23.6 Å². The Morgan fingerprint density at radius 3 is 2.56 bits per heavy atom. The summed E-state index contributed by atoms with van der Waals surface area (Å²) >= 11 is 8.25. The molecule has 4 aromatic heterocycles. The van der Waals surface area contributed by atoms with Gasteiger partial charge in [0.1, 0.15) is 28.4 Å². The molecule has 2 unspecified atom stereocenters. The molecule has 0 radical (unpaired) electrons. The third-order valence-corrected chi connectivity index (χ3v) is 14.2. The number of aromatic amines is 1. The number of H-pyrrole nitrogens is 1. The second-order valence-corrected chi connectivity index (χ2v) is 18.4. The Bertz CT molecular complexity index is 1570. The predicted molar refractivity (Wildman–Crippen MR) is 153 cm³/mol. The van der Waals surface area contributed by atoms with Crippen molar-refractivity contribution in [1.29, 1.82) is 0 Å². The average Bonchev–Trinajstić information content (AvgIpc) is 3.17. The first kappa shape index (κ1) is 25.8. The van der Waals surface area contributed by atoms with E-state index in [1.807, 2.05) is 18.3 Å². The Morgan fingerprint density at radius 1 is 1.08 bits per heavy atom. The average molecular weight is 586 g/mol. The maximum Gasteiger partial charge on any atom is 0.296 e. The number of ether oxygens (including phenoxy) is 3. The van der Waals surface area contributed by atoms with Crippen molar-refractivity contribution in [2.45, 2.75) is 82.1 Å². The molecular formula is C27H32ClN5O4SSi. The van der Waals surface area contributed by atoms with Crippen LogP contribution in [-0.4, -0.2) is 70.9 Å². The van der Waals surface area contributed by atoms with Crippen LogP contribution in [0, 0.1) is 0 Å². The monoisotopic (exact) mass is 585 g/mol. The Labute approximate surface area is 236 Å². The fourth-order valence-corrected chi connectivity index (χ4v) is 7.65. The molecule has 0 aromatic carbocycles. The fraction of sp³-hybridized carbons (Fsp3) is 0.556. The molecule has 0 spiro atoms. The molecule has 9 nitrogen and oxygen atoms in total. The number of hydrogen-bond acceptors (Lipinski definition) is 9. The van der Waals surface area contributed by atoms with Crippen molar-refractivity contribution in [2.24, 2.45) is 0 Å². The topological polar surface area (TPSA) is 104 Å². The van der Waals surface area contributed by atoms with Gasteiger partial charge >= 0.3 is 0 Å². The summed E-state index contributed by atoms with van der Waals surface area (Å²) in [6.07, 6.45) is 3.45. The van der Waals surface area contributed by atoms with Gasteiger partial charge in [-0.05, 0) is 43.1 Å². The molecule has 0 bridgehead atoms. The molecule has 206 valence electrons. The summed E-state index contributed by atoms with van der Waals surface area (Å²) in [6.45, 7) is 12.1. The van der Waals surface area contributed by atoms with Crippen molar-refractivity contribution in [2.75, 3.05) is 13.2 Å². The van der Waals surface area contributed by atoms with Gasteiger partial charge in [0.2, 0.25) is 0 Å². The van der Waals surface area contributed by atoms with Gasteiger partial charge in [-0.25, -0.2) is 9.97 Å². The third kappa shape index (κ3) is 4.57. The van der Waals surface area contributed by atoms with Crippen molar-refractivity contribution in [3.05, 3.63) is 29.0 Å². The van der Waals surface area contributed by atoms with E-state index in [0.717, 1.165) is 20.9 Å². The zero-order chi connectivity index (χ0) is 27.1. The molecular weight excluding hydrogens is 554 g/mol. The molecule has 1 N–H and O–H groups in total. The van der Waals surface area contributed by atoms with E-state index in [2.05, 4.69) is 48.8 Å². The van der Waals surface area contributed by atoms with E-state index in [9.17, 15) is 0 Å². The van der Waals surface area contributed by atoms with E-state index in [1.165, 1.54) is 12.8 Å². The maximum absolute atomic E-state index is 6.68. The lowest BCUT2D eigenvalue weighted by Gasteiger charge is -2.39. The van der Waals surface area contributed by atoms with Crippen LogP contribution < -0.4 is 4.74 Å². The normalized spacial score (nSPS) is 25.6. The van der Waals surface area contributed by atoms with Gasteiger partial charge in [-0.3, -0.25) is 4.98 Å². The van der Waals surface area contributed by atoms with Gasteiger partial charge in [0.15, 0.2) is 20.1 Å². The lowest BCUT2D eigenvalue weighted by atomic mass is 10.1. The van der Waals surface area contributed by atoms with Crippen molar-refractivity contribution in [3.8, 4) is 16.7 Å². The van der Waals surface area contributed by atoms with Gasteiger partial charge in [0, 0.05) is 12.1 Å². The smallest absolute Gasteiger partial charge is 0.296 e. The molecule has 7 rings (SSSR count). The van der Waals surface area contributed by atoms with E-state index < -0.39 is 8.32 Å². The van der Waals surface area contributed by atoms with Crippen LogP contribution in [0.25, 0.3) is 32.1 Å². The number of halogens is 1. The summed E-state index contributed by atoms with van der Waals surface area (Å²) in [5, 5.41) is 1.38. The summed E-state index contributed by atoms with van der Waals surface area (Å²) in [5.74, 6) is 0.512. The standard InChI is InChI=1S/C27H32ClN5O4SSi/c1-27(2,3)39(4,5)37-17-12-35-22-16(11-34-23(17)22)36-26-30-15-10-14(28)20(31-24(15)33-26)25-32-21-18(38-25)8-9-29-19(21)13-6-7-13/h8-10,13,16-17,22-23H,6-7,11-12H2,1-5H3,(H,30,31,33)/t16-,17-,22?,23?/m1/s1. The van der Waals surface area contributed by atoms with E-state index in [-0.39, 0.29) is 29.5 Å². The highest BCUT2D eigenvalue weighted by Gasteiger charge is 2.52. The minimum absolute atomic E-state index is 0.0902. The number of hydrogen-bond donors (Lipinski definition) is 1. The molecule has 39 heavy (non-hydrogen) atoms. The quantitative estimate of drug-likeness (QED) is 0.271. The Morgan fingerprint density at radius 2 is 1.82 bits per heavy atom. The zero-order valence-electron chi connectivity index (χ0n) is 22.7. The lowest BCUT2D eigenvalue weighted by Crippen LogP contribution is -2.47. The molecule has 3 fully saturated rings. The van der Waals surface area contributed by atoms with E-state index >= 15 is 0 Å². The number of aromatic nitrogens is 5. The number of nitrogens with zero attached hydrogens (tertiary/aromatic N) is 4. The SMILES string of the molecule is CC(C)(C)[Si](C)(C)O[C@@H]1COC2C1OC[C@H]2Oc1nc2nc(-c3nc4c(C5CC5)nccc4s3)c(Cl)cc2[nH]1. The first-order chi connectivity index (χ1) is 18.6. The first-order valence-corrected chi connectivity index (χ1v) is 17.6. The van der Waals surface area contributed by atoms with Gasteiger partial charge in [0.05, 0.1) is 40.3 Å². The van der Waals surface area contributed by atoms with Crippen molar-refractivity contribution in [3.63, 3.8) is 0 Å². The van der Waals surface area contributed by atoms with Crippen LogP contribution in [0.4, 0.5) is 0 Å². The van der Waals surface area contributed by atoms with Gasteiger partial charge in [-0.2, -0.15) is 4.98 Å². The van der Waals surface area contributed by atoms with E-state index in [1.54, 1.807) is 11.3 Å². The van der Waals surface area contributed by atoms with Crippen LogP contribution in [0.5, 0.6) is 6.01 Å². The Kier molecular flexibility index (Phi) is 6.07. The highest BCUT2D eigenvalue weighted by atomic mass is 35.5. The maximum atomic E-state index is 6.68. The first-order valence-electron chi connectivity index (χ1n) is 13.5. The minimum Gasteiger partial charge on any atom is -0.456 e. The molecule has 3 aliphatic rings. The summed E-state index contributed by atoms with van der Waals surface area (Å²) in [7, 11) is -1.95. The number of nitrogens with one attached hydrogen (secondary N) is 1. The van der Waals surface area contributed by atoms with Crippen LogP contribution in [0.3, 0.4) is 0 Å². The van der Waals surface area contributed by atoms with Crippen LogP contribution in [0.1, 0.15) is 45.2 Å². The number of fused-ring (bicyclic) bond motifs is 3. The largest absolute Gasteiger partial charge is 0.456 e. The highest BCUT2D eigenvalue weighted by Crippen LogP contribution is 2.44. The van der Waals surface area contributed by atoms with Gasteiger partial charge in [-0.15, -0.1) is 11.3 Å². The number of pyridine rings is 2. The summed E-state index contributed by atoms with van der Waals surface area (Å²) in [6, 6.07) is 4.19. The Balaban J connectivity index is 1.10. The van der Waals surface area contributed by atoms with Crippen LogP contribution >= 0.6 is 22.9 Å². The molecule has 0 amide bonds. The van der Waals surface area contributed by atoms with E-state index in [4.69, 9.17) is 40.2 Å². The summed E-state index contributed by atoms with van der Waals surface area (Å²) in [5.41, 5.74) is 3.85. The van der Waals surface area contributed by atoms with Crippen LogP contribution in [0.15, 0.2) is 18.3 Å². The lowest BCUT2D eigenvalue weighted by molar-refractivity contribution is 0.0116.